The minimum absolute atomic E-state index is 0.0512. The molecule has 1 aliphatic heterocycles. The third-order valence-corrected chi connectivity index (χ3v) is 4.97. The number of nitrogens with zero attached hydrogens (tertiary/aromatic N) is 1. The molecule has 1 saturated heterocycles. The third-order valence-electron chi connectivity index (χ3n) is 3.95. The van der Waals surface area contributed by atoms with Gasteiger partial charge in [-0.1, -0.05) is 36.8 Å². The maximum absolute atomic E-state index is 12.3. The molecule has 4 nitrogen and oxygen atoms in total. The third kappa shape index (κ3) is 3.54. The molecule has 2 N–H and O–H groups in total. The second kappa shape index (κ2) is 7.03. The van der Waals surface area contributed by atoms with Gasteiger partial charge in [-0.15, -0.1) is 11.3 Å². The molecule has 116 valence electrons. The summed E-state index contributed by atoms with van der Waals surface area (Å²) in [6, 6.07) is 10.0. The first-order chi connectivity index (χ1) is 10.7. The number of rotatable bonds is 4. The van der Waals surface area contributed by atoms with Crippen molar-refractivity contribution in [1.82, 2.24) is 15.6 Å². The highest BCUT2D eigenvalue weighted by molar-refractivity contribution is 7.10. The van der Waals surface area contributed by atoms with Crippen LogP contribution in [0, 0.1) is 0 Å². The summed E-state index contributed by atoms with van der Waals surface area (Å²) in [6.45, 7) is 2.93. The van der Waals surface area contributed by atoms with Crippen molar-refractivity contribution in [3.63, 3.8) is 0 Å². The van der Waals surface area contributed by atoms with E-state index in [1.54, 1.807) is 11.3 Å². The fourth-order valence-corrected chi connectivity index (χ4v) is 3.51. The molecule has 0 aliphatic carbocycles. The van der Waals surface area contributed by atoms with Crippen LogP contribution in [-0.4, -0.2) is 23.5 Å². The van der Waals surface area contributed by atoms with E-state index in [2.05, 4.69) is 15.6 Å². The van der Waals surface area contributed by atoms with Crippen LogP contribution < -0.4 is 10.6 Å². The molecular formula is C17H21N3OS. The number of hydrogen-bond acceptors (Lipinski definition) is 4. The summed E-state index contributed by atoms with van der Waals surface area (Å²) >= 11 is 1.59. The Morgan fingerprint density at radius 3 is 2.91 bits per heavy atom. The van der Waals surface area contributed by atoms with E-state index in [0.29, 0.717) is 0 Å². The van der Waals surface area contributed by atoms with E-state index in [-0.39, 0.29) is 18.0 Å². The first-order valence-corrected chi connectivity index (χ1v) is 8.66. The summed E-state index contributed by atoms with van der Waals surface area (Å²) in [5, 5.41) is 9.35. The van der Waals surface area contributed by atoms with Crippen molar-refractivity contribution in [2.75, 3.05) is 6.54 Å². The van der Waals surface area contributed by atoms with Crippen LogP contribution in [0.4, 0.5) is 0 Å². The lowest BCUT2D eigenvalue weighted by Gasteiger charge is -2.24. The molecule has 1 aromatic heterocycles. The first kappa shape index (κ1) is 15.2. The van der Waals surface area contributed by atoms with Gasteiger partial charge < -0.3 is 10.6 Å². The number of nitrogens with one attached hydrogen (secondary N) is 2. The van der Waals surface area contributed by atoms with Gasteiger partial charge in [0.25, 0.3) is 0 Å². The molecule has 2 aromatic rings. The number of carbonyl (C=O) groups excluding carboxylic acids is 1. The van der Waals surface area contributed by atoms with Crippen molar-refractivity contribution in [3.05, 3.63) is 40.7 Å². The first-order valence-electron chi connectivity index (χ1n) is 7.78. The van der Waals surface area contributed by atoms with E-state index in [9.17, 15) is 4.79 Å². The predicted molar refractivity (Wildman–Crippen MR) is 89.7 cm³/mol. The second-order valence-corrected chi connectivity index (χ2v) is 6.56. The van der Waals surface area contributed by atoms with Crippen LogP contribution in [0.5, 0.6) is 0 Å². The normalized spacial score (nSPS) is 19.6. The van der Waals surface area contributed by atoms with Crippen molar-refractivity contribution in [2.45, 2.75) is 38.3 Å². The van der Waals surface area contributed by atoms with Gasteiger partial charge in [0.05, 0.1) is 17.8 Å². The van der Waals surface area contributed by atoms with E-state index in [4.69, 9.17) is 0 Å². The Morgan fingerprint density at radius 2 is 2.18 bits per heavy atom. The predicted octanol–water partition coefficient (Wildman–Crippen LogP) is 3.13. The van der Waals surface area contributed by atoms with Crippen LogP contribution in [-0.2, 0) is 4.79 Å². The molecule has 3 rings (SSSR count). The average Bonchev–Trinajstić information content (AvgIpc) is 3.06. The largest absolute Gasteiger partial charge is 0.346 e. The highest BCUT2D eigenvalue weighted by Gasteiger charge is 2.23. The number of aromatic nitrogens is 1. The van der Waals surface area contributed by atoms with Crippen LogP contribution in [0.2, 0.25) is 0 Å². The molecule has 0 bridgehead atoms. The average molecular weight is 315 g/mol. The minimum atomic E-state index is -0.0568. The Labute approximate surface area is 135 Å². The smallest absolute Gasteiger partial charge is 0.237 e. The summed E-state index contributed by atoms with van der Waals surface area (Å²) < 4.78 is 0. The lowest BCUT2D eigenvalue weighted by molar-refractivity contribution is -0.124. The molecule has 0 radical (unpaired) electrons. The zero-order valence-corrected chi connectivity index (χ0v) is 13.5. The van der Waals surface area contributed by atoms with Crippen molar-refractivity contribution < 1.29 is 4.79 Å². The summed E-state index contributed by atoms with van der Waals surface area (Å²) in [5.74, 6) is 0.0867. The van der Waals surface area contributed by atoms with E-state index in [0.717, 1.165) is 42.1 Å². The fourth-order valence-electron chi connectivity index (χ4n) is 2.68. The molecule has 5 heteroatoms. The van der Waals surface area contributed by atoms with Gasteiger partial charge in [0.2, 0.25) is 5.91 Å². The molecule has 1 aromatic carbocycles. The monoisotopic (exact) mass is 315 g/mol. The number of thiazole rings is 1. The van der Waals surface area contributed by atoms with Crippen molar-refractivity contribution in [2.24, 2.45) is 0 Å². The molecule has 2 unspecified atom stereocenters. The quantitative estimate of drug-likeness (QED) is 0.911. The van der Waals surface area contributed by atoms with Gasteiger partial charge in [0.15, 0.2) is 0 Å². The highest BCUT2D eigenvalue weighted by atomic mass is 32.1. The number of amides is 1. The Hall–Kier alpha value is -1.72. The summed E-state index contributed by atoms with van der Waals surface area (Å²) in [7, 11) is 0. The Morgan fingerprint density at radius 1 is 1.36 bits per heavy atom. The standard InChI is InChI=1S/C17H21N3OS/c1-12(19-16(21)14-9-5-6-10-18-14)17-20-15(11-22-17)13-7-3-2-4-8-13/h2-4,7-8,11-12,14,18H,5-6,9-10H2,1H3,(H,19,21). The van der Waals surface area contributed by atoms with Crippen LogP contribution in [0.25, 0.3) is 11.3 Å². The maximum Gasteiger partial charge on any atom is 0.237 e. The molecule has 1 amide bonds. The number of benzene rings is 1. The van der Waals surface area contributed by atoms with Crippen LogP contribution >= 0.6 is 11.3 Å². The van der Waals surface area contributed by atoms with Gasteiger partial charge in [0, 0.05) is 10.9 Å². The van der Waals surface area contributed by atoms with Crippen molar-refractivity contribution >= 4 is 17.2 Å². The molecule has 0 spiro atoms. The second-order valence-electron chi connectivity index (χ2n) is 5.67. The van der Waals surface area contributed by atoms with Crippen molar-refractivity contribution in [1.29, 1.82) is 0 Å². The zero-order chi connectivity index (χ0) is 15.4. The van der Waals surface area contributed by atoms with Gasteiger partial charge in [-0.2, -0.15) is 0 Å². The molecule has 2 atom stereocenters. The highest BCUT2D eigenvalue weighted by Crippen LogP contribution is 2.25. The molecule has 22 heavy (non-hydrogen) atoms. The van der Waals surface area contributed by atoms with Gasteiger partial charge >= 0.3 is 0 Å². The SMILES string of the molecule is CC(NC(=O)C1CCCCN1)c1nc(-c2ccccc2)cs1. The molecule has 1 fully saturated rings. The van der Waals surface area contributed by atoms with Crippen LogP contribution in [0.3, 0.4) is 0 Å². The van der Waals surface area contributed by atoms with Gasteiger partial charge in [0.1, 0.15) is 5.01 Å². The maximum atomic E-state index is 12.3. The van der Waals surface area contributed by atoms with Crippen LogP contribution in [0.15, 0.2) is 35.7 Å². The lowest BCUT2D eigenvalue weighted by Crippen LogP contribution is -2.47. The van der Waals surface area contributed by atoms with E-state index in [1.165, 1.54) is 0 Å². The van der Waals surface area contributed by atoms with Crippen molar-refractivity contribution in [3.8, 4) is 11.3 Å². The zero-order valence-electron chi connectivity index (χ0n) is 12.7. The molecule has 0 saturated carbocycles. The Balaban J connectivity index is 1.64. The van der Waals surface area contributed by atoms with Gasteiger partial charge in [-0.05, 0) is 26.3 Å². The summed E-state index contributed by atoms with van der Waals surface area (Å²) in [5.41, 5.74) is 2.08. The summed E-state index contributed by atoms with van der Waals surface area (Å²) in [6.07, 6.45) is 3.20. The number of piperidine rings is 1. The number of carbonyl (C=O) groups is 1. The van der Waals surface area contributed by atoms with Gasteiger partial charge in [-0.25, -0.2) is 4.98 Å². The fraction of sp³-hybridized carbons (Fsp3) is 0.412. The van der Waals surface area contributed by atoms with Gasteiger partial charge in [-0.3, -0.25) is 4.79 Å². The summed E-state index contributed by atoms with van der Waals surface area (Å²) in [4.78, 5) is 16.9. The molecule has 2 heterocycles. The van der Waals surface area contributed by atoms with Crippen LogP contribution in [0.1, 0.15) is 37.2 Å². The van der Waals surface area contributed by atoms with E-state index < -0.39 is 0 Å². The van der Waals surface area contributed by atoms with E-state index >= 15 is 0 Å². The van der Waals surface area contributed by atoms with E-state index in [1.807, 2.05) is 42.6 Å². The Bertz CT molecular complexity index is 620. The molecule has 1 aliphatic rings. The Kier molecular flexibility index (Phi) is 4.85. The molecular weight excluding hydrogens is 294 g/mol. The number of hydrogen-bond donors (Lipinski definition) is 2. The topological polar surface area (TPSA) is 54.0 Å². The lowest BCUT2D eigenvalue weighted by atomic mass is 10.0. The minimum Gasteiger partial charge on any atom is -0.346 e.